The molecule has 1 saturated carbocycles. The molecule has 1 heterocycles. The van der Waals surface area contributed by atoms with Gasteiger partial charge in [0.1, 0.15) is 0 Å². The van der Waals surface area contributed by atoms with Crippen molar-refractivity contribution in [1.82, 2.24) is 15.1 Å². The van der Waals surface area contributed by atoms with Crippen LogP contribution in [0.25, 0.3) is 0 Å². The molecule has 0 unspecified atom stereocenters. The summed E-state index contributed by atoms with van der Waals surface area (Å²) >= 11 is 12.5. The lowest BCUT2D eigenvalue weighted by molar-refractivity contribution is 0.194. The predicted octanol–water partition coefficient (Wildman–Crippen LogP) is 3.95. The summed E-state index contributed by atoms with van der Waals surface area (Å²) in [6.45, 7) is 5.28. The van der Waals surface area contributed by atoms with Crippen molar-refractivity contribution < 1.29 is 4.79 Å². The zero-order chi connectivity index (χ0) is 20.1. The molecular formula is C21H32BCl2N4O. The van der Waals surface area contributed by atoms with Crippen molar-refractivity contribution in [3.8, 4) is 0 Å². The van der Waals surface area contributed by atoms with E-state index in [1.807, 2.05) is 12.1 Å². The summed E-state index contributed by atoms with van der Waals surface area (Å²) in [7, 11) is 3.59. The third-order valence-electron chi connectivity index (χ3n) is 6.08. The lowest BCUT2D eigenvalue weighted by Gasteiger charge is -2.37. The highest BCUT2D eigenvalue weighted by molar-refractivity contribution is 6.43. The maximum Gasteiger partial charge on any atom is 0.317 e. The van der Waals surface area contributed by atoms with Crippen LogP contribution in [0.5, 0.6) is 0 Å². The fourth-order valence-electron chi connectivity index (χ4n) is 4.21. The second-order valence-electron chi connectivity index (χ2n) is 8.25. The number of urea groups is 1. The Labute approximate surface area is 187 Å². The van der Waals surface area contributed by atoms with Gasteiger partial charge in [0.25, 0.3) is 0 Å². The normalized spacial score (nSPS) is 22.7. The summed E-state index contributed by atoms with van der Waals surface area (Å²) in [6, 6.07) is 6.23. The van der Waals surface area contributed by atoms with Crippen LogP contribution in [0.4, 0.5) is 10.5 Å². The second kappa shape index (κ2) is 11.3. The fourth-order valence-corrected chi connectivity index (χ4v) is 4.63. The molecule has 29 heavy (non-hydrogen) atoms. The highest BCUT2D eigenvalue weighted by atomic mass is 35.5. The van der Waals surface area contributed by atoms with Gasteiger partial charge in [0, 0.05) is 54.7 Å². The lowest BCUT2D eigenvalue weighted by atomic mass is 9.84. The average molecular weight is 438 g/mol. The van der Waals surface area contributed by atoms with Crippen molar-refractivity contribution in [3.05, 3.63) is 28.2 Å². The molecule has 2 aliphatic rings. The minimum Gasteiger partial charge on any atom is -0.368 e. The van der Waals surface area contributed by atoms with E-state index >= 15 is 0 Å². The van der Waals surface area contributed by atoms with E-state index in [2.05, 4.69) is 21.2 Å². The monoisotopic (exact) mass is 437 g/mol. The fraction of sp³-hybridized carbons (Fsp3) is 0.667. The molecule has 1 aromatic carbocycles. The number of rotatable bonds is 5. The number of carbonyl (C=O) groups is 1. The van der Waals surface area contributed by atoms with Crippen molar-refractivity contribution in [2.24, 2.45) is 5.92 Å². The number of piperazine rings is 1. The molecule has 0 atom stereocenters. The molecule has 8 heteroatoms. The van der Waals surface area contributed by atoms with E-state index < -0.39 is 0 Å². The van der Waals surface area contributed by atoms with Gasteiger partial charge in [0.2, 0.25) is 0 Å². The van der Waals surface area contributed by atoms with Gasteiger partial charge in [-0.1, -0.05) is 29.3 Å². The molecule has 159 valence electrons. The Balaban J connectivity index is 0.00000300. The number of nitrogens with one attached hydrogen (secondary N) is 1. The molecule has 1 aromatic rings. The first kappa shape index (κ1) is 24.2. The molecule has 1 aliphatic heterocycles. The van der Waals surface area contributed by atoms with E-state index in [-0.39, 0.29) is 14.4 Å². The van der Waals surface area contributed by atoms with Gasteiger partial charge in [-0.2, -0.15) is 0 Å². The number of benzene rings is 1. The highest BCUT2D eigenvalue weighted by Crippen LogP contribution is 2.33. The van der Waals surface area contributed by atoms with E-state index in [0.29, 0.717) is 16.1 Å². The molecule has 0 bridgehead atoms. The van der Waals surface area contributed by atoms with Crippen LogP contribution >= 0.6 is 23.2 Å². The Morgan fingerprint density at radius 2 is 1.76 bits per heavy atom. The molecule has 0 spiro atoms. The number of hydrogen-bond acceptors (Lipinski definition) is 3. The van der Waals surface area contributed by atoms with Gasteiger partial charge in [-0.15, -0.1) is 0 Å². The van der Waals surface area contributed by atoms with Crippen LogP contribution in [0.15, 0.2) is 18.2 Å². The Morgan fingerprint density at radius 1 is 1.10 bits per heavy atom. The summed E-state index contributed by atoms with van der Waals surface area (Å²) in [5.74, 6) is 0.785. The molecule has 1 aliphatic carbocycles. The van der Waals surface area contributed by atoms with Crippen LogP contribution in [0.1, 0.15) is 32.1 Å². The summed E-state index contributed by atoms with van der Waals surface area (Å²) < 4.78 is 0. The van der Waals surface area contributed by atoms with Crippen molar-refractivity contribution in [1.29, 1.82) is 0 Å². The van der Waals surface area contributed by atoms with Crippen molar-refractivity contribution >= 4 is 43.3 Å². The summed E-state index contributed by atoms with van der Waals surface area (Å²) in [5, 5.41) is 4.41. The maximum absolute atomic E-state index is 11.8. The standard InChI is InChI=1S/C21H32Cl2N4O.B/c1-25(2)21(28)24-17-8-6-16(7-9-17)10-11-26-12-14-27(15-13-26)19-5-3-4-18(22)20(19)23;/h3-5,16-17H,6-15H2,1-2H3,(H,24,28);. The van der Waals surface area contributed by atoms with E-state index in [1.165, 1.54) is 19.3 Å². The number of amides is 2. The molecule has 5 nitrogen and oxygen atoms in total. The maximum atomic E-state index is 11.8. The van der Waals surface area contributed by atoms with Gasteiger partial charge in [0.05, 0.1) is 15.7 Å². The summed E-state index contributed by atoms with van der Waals surface area (Å²) in [6.07, 6.45) is 5.90. The van der Waals surface area contributed by atoms with Crippen LogP contribution in [0.2, 0.25) is 10.0 Å². The lowest BCUT2D eigenvalue weighted by Crippen LogP contribution is -2.47. The van der Waals surface area contributed by atoms with Crippen molar-refractivity contribution in [2.75, 3.05) is 51.7 Å². The van der Waals surface area contributed by atoms with Gasteiger partial charge in [-0.3, -0.25) is 4.90 Å². The zero-order valence-corrected chi connectivity index (χ0v) is 19.1. The Bertz CT molecular complexity index is 660. The molecule has 3 rings (SSSR count). The van der Waals surface area contributed by atoms with Crippen molar-refractivity contribution in [3.63, 3.8) is 0 Å². The molecule has 3 radical (unpaired) electrons. The zero-order valence-electron chi connectivity index (χ0n) is 17.5. The Kier molecular flexibility index (Phi) is 9.44. The number of anilines is 1. The number of halogens is 2. The molecule has 0 aromatic heterocycles. The third-order valence-corrected chi connectivity index (χ3v) is 6.89. The summed E-state index contributed by atoms with van der Waals surface area (Å²) in [5.41, 5.74) is 1.05. The van der Waals surface area contributed by atoms with Crippen LogP contribution in [-0.4, -0.2) is 77.1 Å². The quantitative estimate of drug-likeness (QED) is 0.708. The van der Waals surface area contributed by atoms with Gasteiger partial charge < -0.3 is 15.1 Å². The first-order valence-electron chi connectivity index (χ1n) is 10.3. The smallest absolute Gasteiger partial charge is 0.317 e. The highest BCUT2D eigenvalue weighted by Gasteiger charge is 2.24. The SMILES string of the molecule is CN(C)C(=O)NC1CCC(CCN2CCN(c3cccc(Cl)c3Cl)CC2)CC1.[B]. The molecule has 1 N–H and O–H groups in total. The number of nitrogens with zero attached hydrogens (tertiary/aromatic N) is 3. The largest absolute Gasteiger partial charge is 0.368 e. The van der Waals surface area contributed by atoms with Gasteiger partial charge >= 0.3 is 6.03 Å². The van der Waals surface area contributed by atoms with Crippen molar-refractivity contribution in [2.45, 2.75) is 38.1 Å². The minimum atomic E-state index is 0. The summed E-state index contributed by atoms with van der Waals surface area (Å²) in [4.78, 5) is 18.3. The third kappa shape index (κ3) is 6.70. The topological polar surface area (TPSA) is 38.8 Å². The van der Waals surface area contributed by atoms with E-state index in [9.17, 15) is 4.79 Å². The predicted molar refractivity (Wildman–Crippen MR) is 123 cm³/mol. The Hall–Kier alpha value is -1.11. The van der Waals surface area contributed by atoms with E-state index in [0.717, 1.165) is 57.2 Å². The minimum absolute atomic E-state index is 0. The molecule has 2 amide bonds. The van der Waals surface area contributed by atoms with Crippen LogP contribution < -0.4 is 10.2 Å². The number of carbonyl (C=O) groups excluding carboxylic acids is 1. The van der Waals surface area contributed by atoms with E-state index in [4.69, 9.17) is 23.2 Å². The van der Waals surface area contributed by atoms with Gasteiger partial charge in [0.15, 0.2) is 0 Å². The van der Waals surface area contributed by atoms with Crippen LogP contribution in [-0.2, 0) is 0 Å². The first-order chi connectivity index (χ1) is 13.4. The van der Waals surface area contributed by atoms with E-state index in [1.54, 1.807) is 19.0 Å². The first-order valence-corrected chi connectivity index (χ1v) is 11.1. The Morgan fingerprint density at radius 3 is 2.38 bits per heavy atom. The number of hydrogen-bond donors (Lipinski definition) is 1. The molecule has 2 fully saturated rings. The molecule has 1 saturated heterocycles. The van der Waals surface area contributed by atoms with Gasteiger partial charge in [-0.05, 0) is 56.7 Å². The van der Waals surface area contributed by atoms with Crippen LogP contribution in [0, 0.1) is 5.92 Å². The average Bonchev–Trinajstić information content (AvgIpc) is 2.70. The molecular weight excluding hydrogens is 406 g/mol. The second-order valence-corrected chi connectivity index (χ2v) is 9.04. The van der Waals surface area contributed by atoms with Gasteiger partial charge in [-0.25, -0.2) is 4.79 Å². The van der Waals surface area contributed by atoms with Crippen LogP contribution in [0.3, 0.4) is 0 Å².